The molecule has 0 aromatic carbocycles. The Morgan fingerprint density at radius 1 is 1.26 bits per heavy atom. The van der Waals surface area contributed by atoms with E-state index in [4.69, 9.17) is 4.74 Å². The largest absolute Gasteiger partial charge is 0.388 e. The highest BCUT2D eigenvalue weighted by atomic mass is 16.5. The molecule has 0 radical (unpaired) electrons. The van der Waals surface area contributed by atoms with Gasteiger partial charge >= 0.3 is 6.03 Å². The number of carbonyl (C=O) groups is 1. The van der Waals surface area contributed by atoms with Crippen LogP contribution in [-0.4, -0.2) is 47.6 Å². The van der Waals surface area contributed by atoms with Crippen molar-refractivity contribution < 1.29 is 14.6 Å². The minimum atomic E-state index is -0.823. The molecule has 3 N–H and O–H groups in total. The fourth-order valence-electron chi connectivity index (χ4n) is 2.05. The lowest BCUT2D eigenvalue weighted by molar-refractivity contribution is -0.0600. The summed E-state index contributed by atoms with van der Waals surface area (Å²) in [5.41, 5.74) is -0.823. The van der Waals surface area contributed by atoms with Gasteiger partial charge in [0.2, 0.25) is 0 Å². The van der Waals surface area contributed by atoms with E-state index in [1.807, 2.05) is 29.1 Å². The highest BCUT2D eigenvalue weighted by Gasteiger charge is 2.29. The molecule has 1 aliphatic heterocycles. The first-order valence-electron chi connectivity index (χ1n) is 6.61. The topological polar surface area (TPSA) is 75.5 Å². The van der Waals surface area contributed by atoms with Crippen molar-refractivity contribution in [3.05, 3.63) is 24.5 Å². The Morgan fingerprint density at radius 2 is 1.95 bits per heavy atom. The number of nitrogens with zero attached hydrogens (tertiary/aromatic N) is 1. The number of hydrogen-bond acceptors (Lipinski definition) is 3. The molecule has 19 heavy (non-hydrogen) atoms. The Labute approximate surface area is 112 Å². The molecule has 0 saturated carbocycles. The number of nitrogens with one attached hydrogen (secondary N) is 2. The molecule has 6 nitrogen and oxygen atoms in total. The first kappa shape index (κ1) is 13.9. The summed E-state index contributed by atoms with van der Waals surface area (Å²) < 4.78 is 7.18. The van der Waals surface area contributed by atoms with Crippen LogP contribution >= 0.6 is 0 Å². The van der Waals surface area contributed by atoms with Gasteiger partial charge < -0.3 is 25.0 Å². The normalized spacial score (nSPS) is 17.9. The van der Waals surface area contributed by atoms with Gasteiger partial charge in [-0.05, 0) is 12.1 Å². The number of amides is 2. The van der Waals surface area contributed by atoms with Crippen molar-refractivity contribution >= 4 is 6.03 Å². The number of aliphatic hydroxyl groups is 1. The van der Waals surface area contributed by atoms with Crippen LogP contribution in [0.25, 0.3) is 0 Å². The number of hydrogen-bond donors (Lipinski definition) is 3. The molecule has 0 unspecified atom stereocenters. The van der Waals surface area contributed by atoms with Crippen molar-refractivity contribution in [3.8, 4) is 0 Å². The van der Waals surface area contributed by atoms with Crippen LogP contribution in [-0.2, 0) is 11.3 Å². The van der Waals surface area contributed by atoms with Gasteiger partial charge in [-0.2, -0.15) is 0 Å². The molecule has 1 aliphatic rings. The zero-order valence-electron chi connectivity index (χ0n) is 11.0. The monoisotopic (exact) mass is 267 g/mol. The van der Waals surface area contributed by atoms with Crippen molar-refractivity contribution in [3.63, 3.8) is 0 Å². The standard InChI is InChI=1S/C13H21N3O3/c17-12(14-5-8-16-6-1-2-7-16)15-11-13(18)3-9-19-10-4-13/h1-2,6-7,18H,3-5,8-11H2,(H2,14,15,17). The number of rotatable bonds is 5. The summed E-state index contributed by atoms with van der Waals surface area (Å²) >= 11 is 0. The molecular formula is C13H21N3O3. The van der Waals surface area contributed by atoms with Gasteiger partial charge in [-0.1, -0.05) is 0 Å². The van der Waals surface area contributed by atoms with Gasteiger partial charge in [-0.25, -0.2) is 4.79 Å². The Balaban J connectivity index is 1.61. The molecule has 2 rings (SSSR count). The molecule has 0 bridgehead atoms. The van der Waals surface area contributed by atoms with E-state index in [1.54, 1.807) is 0 Å². The predicted molar refractivity (Wildman–Crippen MR) is 70.8 cm³/mol. The smallest absolute Gasteiger partial charge is 0.314 e. The molecular weight excluding hydrogens is 246 g/mol. The third-order valence-corrected chi connectivity index (χ3v) is 3.32. The van der Waals surface area contributed by atoms with E-state index in [9.17, 15) is 9.90 Å². The third kappa shape index (κ3) is 4.57. The second-order valence-electron chi connectivity index (χ2n) is 4.87. The lowest BCUT2D eigenvalue weighted by atomic mass is 9.94. The van der Waals surface area contributed by atoms with Crippen LogP contribution in [0.1, 0.15) is 12.8 Å². The summed E-state index contributed by atoms with van der Waals surface area (Å²) in [6, 6.07) is 3.65. The first-order valence-corrected chi connectivity index (χ1v) is 6.61. The SMILES string of the molecule is O=C(NCCn1cccc1)NCC1(O)CCOCC1. The average Bonchev–Trinajstić information content (AvgIpc) is 2.91. The second kappa shape index (κ2) is 6.58. The van der Waals surface area contributed by atoms with Crippen molar-refractivity contribution in [2.24, 2.45) is 0 Å². The van der Waals surface area contributed by atoms with Crippen LogP contribution in [0.2, 0.25) is 0 Å². The summed E-state index contributed by atoms with van der Waals surface area (Å²) in [6.07, 6.45) is 5.03. The zero-order chi connectivity index (χ0) is 13.6. The molecule has 6 heteroatoms. The highest BCUT2D eigenvalue weighted by Crippen LogP contribution is 2.18. The van der Waals surface area contributed by atoms with Crippen LogP contribution < -0.4 is 10.6 Å². The van der Waals surface area contributed by atoms with Crippen LogP contribution in [0.4, 0.5) is 4.79 Å². The summed E-state index contributed by atoms with van der Waals surface area (Å²) in [4.78, 5) is 11.6. The first-order chi connectivity index (χ1) is 9.18. The van der Waals surface area contributed by atoms with Gasteiger partial charge in [0.15, 0.2) is 0 Å². The van der Waals surface area contributed by atoms with Gasteiger partial charge in [0.25, 0.3) is 0 Å². The van der Waals surface area contributed by atoms with Crippen LogP contribution in [0.3, 0.4) is 0 Å². The Morgan fingerprint density at radius 3 is 2.63 bits per heavy atom. The summed E-state index contributed by atoms with van der Waals surface area (Å²) in [5, 5.41) is 15.6. The highest BCUT2D eigenvalue weighted by molar-refractivity contribution is 5.73. The van der Waals surface area contributed by atoms with E-state index in [0.717, 1.165) is 6.54 Å². The van der Waals surface area contributed by atoms with Crippen molar-refractivity contribution in [2.75, 3.05) is 26.3 Å². The molecule has 1 saturated heterocycles. The minimum absolute atomic E-state index is 0.243. The predicted octanol–water partition coefficient (Wildman–Crippen LogP) is 0.329. The molecule has 106 valence electrons. The maximum absolute atomic E-state index is 11.6. The van der Waals surface area contributed by atoms with Gasteiger partial charge in [0.05, 0.1) is 5.60 Å². The zero-order valence-corrected chi connectivity index (χ0v) is 11.0. The van der Waals surface area contributed by atoms with Crippen molar-refractivity contribution in [1.82, 2.24) is 15.2 Å². The molecule has 1 fully saturated rings. The Kier molecular flexibility index (Phi) is 4.81. The quantitative estimate of drug-likeness (QED) is 0.719. The van der Waals surface area contributed by atoms with Gasteiger partial charge in [0, 0.05) is 58.1 Å². The van der Waals surface area contributed by atoms with Crippen LogP contribution in [0.15, 0.2) is 24.5 Å². The van der Waals surface area contributed by atoms with Crippen molar-refractivity contribution in [1.29, 1.82) is 0 Å². The molecule has 2 heterocycles. The van der Waals surface area contributed by atoms with Gasteiger partial charge in [0.1, 0.15) is 0 Å². The Hall–Kier alpha value is -1.53. The molecule has 0 atom stereocenters. The summed E-state index contributed by atoms with van der Waals surface area (Å²) in [5.74, 6) is 0. The number of urea groups is 1. The fraction of sp³-hybridized carbons (Fsp3) is 0.615. The van der Waals surface area contributed by atoms with E-state index in [0.29, 0.717) is 32.6 Å². The van der Waals surface area contributed by atoms with Crippen LogP contribution in [0.5, 0.6) is 0 Å². The minimum Gasteiger partial charge on any atom is -0.388 e. The van der Waals surface area contributed by atoms with Gasteiger partial charge in [-0.15, -0.1) is 0 Å². The molecule has 1 aromatic heterocycles. The number of aromatic nitrogens is 1. The van der Waals surface area contributed by atoms with Crippen molar-refractivity contribution in [2.45, 2.75) is 25.0 Å². The van der Waals surface area contributed by atoms with E-state index in [1.165, 1.54) is 0 Å². The average molecular weight is 267 g/mol. The Bertz CT molecular complexity index is 386. The molecule has 2 amide bonds. The van der Waals surface area contributed by atoms with E-state index >= 15 is 0 Å². The van der Waals surface area contributed by atoms with Gasteiger partial charge in [-0.3, -0.25) is 0 Å². The lowest BCUT2D eigenvalue weighted by Crippen LogP contribution is -2.49. The molecule has 1 aromatic rings. The fourth-order valence-corrected chi connectivity index (χ4v) is 2.05. The summed E-state index contributed by atoms with van der Waals surface area (Å²) in [7, 11) is 0. The number of ether oxygens (including phenoxy) is 1. The number of carbonyl (C=O) groups excluding carboxylic acids is 1. The van der Waals surface area contributed by atoms with E-state index in [-0.39, 0.29) is 12.6 Å². The van der Waals surface area contributed by atoms with Crippen LogP contribution in [0, 0.1) is 0 Å². The second-order valence-corrected chi connectivity index (χ2v) is 4.87. The molecule has 0 spiro atoms. The maximum atomic E-state index is 11.6. The molecule has 0 aliphatic carbocycles. The lowest BCUT2D eigenvalue weighted by Gasteiger charge is -2.32. The van der Waals surface area contributed by atoms with E-state index < -0.39 is 5.60 Å². The maximum Gasteiger partial charge on any atom is 0.314 e. The summed E-state index contributed by atoms with van der Waals surface area (Å²) in [6.45, 7) is 2.66. The third-order valence-electron chi connectivity index (χ3n) is 3.32. The van der Waals surface area contributed by atoms with E-state index in [2.05, 4.69) is 10.6 Å².